The van der Waals surface area contributed by atoms with Crippen LogP contribution in [-0.2, 0) is 19.0 Å². The van der Waals surface area contributed by atoms with E-state index in [0.29, 0.717) is 12.8 Å². The van der Waals surface area contributed by atoms with Gasteiger partial charge in [0.2, 0.25) is 0 Å². The van der Waals surface area contributed by atoms with Crippen molar-refractivity contribution in [1.29, 1.82) is 0 Å². The van der Waals surface area contributed by atoms with Gasteiger partial charge in [0.15, 0.2) is 0 Å². The van der Waals surface area contributed by atoms with Gasteiger partial charge in [-0.3, -0.25) is 4.18 Å². The van der Waals surface area contributed by atoms with Crippen LogP contribution in [0.25, 0.3) is 0 Å². The van der Waals surface area contributed by atoms with Crippen molar-refractivity contribution >= 4 is 10.1 Å². The van der Waals surface area contributed by atoms with Gasteiger partial charge < -0.3 is 4.74 Å². The lowest BCUT2D eigenvalue weighted by Gasteiger charge is -2.27. The van der Waals surface area contributed by atoms with E-state index in [1.165, 1.54) is 0 Å². The summed E-state index contributed by atoms with van der Waals surface area (Å²) in [6, 6.07) is 0. The molecule has 0 radical (unpaired) electrons. The van der Waals surface area contributed by atoms with Gasteiger partial charge in [-0.15, -0.1) is 0 Å². The number of hydrogen-bond donors (Lipinski definition) is 0. The predicted molar refractivity (Wildman–Crippen MR) is 53.7 cm³/mol. The van der Waals surface area contributed by atoms with Crippen molar-refractivity contribution < 1.29 is 30.5 Å². The molecule has 0 amide bonds. The molecule has 4 nitrogen and oxygen atoms in total. The quantitative estimate of drug-likeness (QED) is 0.582. The van der Waals surface area contributed by atoms with E-state index < -0.39 is 22.2 Å². The van der Waals surface area contributed by atoms with E-state index in [1.807, 2.05) is 0 Å². The van der Waals surface area contributed by atoms with Gasteiger partial charge in [0, 0.05) is 7.11 Å². The lowest BCUT2D eigenvalue weighted by molar-refractivity contribution is -0.0558. The minimum absolute atomic E-state index is 0.116. The van der Waals surface area contributed by atoms with Crippen LogP contribution >= 0.6 is 0 Å². The van der Waals surface area contributed by atoms with Gasteiger partial charge in [-0.05, 0) is 31.6 Å². The van der Waals surface area contributed by atoms with Crippen molar-refractivity contribution in [2.24, 2.45) is 5.92 Å². The van der Waals surface area contributed by atoms with E-state index in [4.69, 9.17) is 4.74 Å². The van der Waals surface area contributed by atoms with Gasteiger partial charge in [0.1, 0.15) is 0 Å². The van der Waals surface area contributed by atoms with Crippen molar-refractivity contribution in [3.63, 3.8) is 0 Å². The first-order valence-electron chi connectivity index (χ1n) is 5.24. The lowest BCUT2D eigenvalue weighted by atomic mass is 9.88. The normalized spacial score (nSPS) is 27.1. The molecule has 0 aromatic heterocycles. The van der Waals surface area contributed by atoms with Gasteiger partial charge in [-0.2, -0.15) is 21.6 Å². The number of hydrogen-bond acceptors (Lipinski definition) is 4. The Morgan fingerprint density at radius 2 is 1.71 bits per heavy atom. The van der Waals surface area contributed by atoms with Gasteiger partial charge in [0.05, 0.1) is 12.7 Å². The molecule has 1 rings (SSSR count). The Balaban J connectivity index is 2.38. The maximum absolute atomic E-state index is 12.0. The molecule has 0 saturated heterocycles. The molecular weight excluding hydrogens is 261 g/mol. The largest absolute Gasteiger partial charge is 0.523 e. The van der Waals surface area contributed by atoms with Crippen LogP contribution < -0.4 is 0 Å². The average molecular weight is 276 g/mol. The lowest BCUT2D eigenvalue weighted by Crippen LogP contribution is -2.29. The fourth-order valence-corrected chi connectivity index (χ4v) is 2.29. The Labute approximate surface area is 98.2 Å². The van der Waals surface area contributed by atoms with Crippen LogP contribution in [0.2, 0.25) is 0 Å². The highest BCUT2D eigenvalue weighted by Crippen LogP contribution is 2.29. The summed E-state index contributed by atoms with van der Waals surface area (Å²) >= 11 is 0. The molecule has 102 valence electrons. The second-order valence-electron chi connectivity index (χ2n) is 4.06. The summed E-state index contributed by atoms with van der Waals surface area (Å²) in [5.74, 6) is -0.154. The summed E-state index contributed by atoms with van der Waals surface area (Å²) < 4.78 is 66.3. The second-order valence-corrected chi connectivity index (χ2v) is 5.67. The molecule has 1 aliphatic carbocycles. The highest BCUT2D eigenvalue weighted by molar-refractivity contribution is 7.87. The van der Waals surface area contributed by atoms with Crippen LogP contribution in [0.5, 0.6) is 0 Å². The van der Waals surface area contributed by atoms with E-state index >= 15 is 0 Å². The first-order valence-corrected chi connectivity index (χ1v) is 6.65. The van der Waals surface area contributed by atoms with Crippen molar-refractivity contribution in [1.82, 2.24) is 0 Å². The maximum Gasteiger partial charge on any atom is 0.523 e. The average Bonchev–Trinajstić information content (AvgIpc) is 2.25. The third kappa shape index (κ3) is 4.11. The zero-order valence-electron chi connectivity index (χ0n) is 9.37. The minimum atomic E-state index is -5.45. The fourth-order valence-electron chi connectivity index (χ4n) is 1.79. The van der Waals surface area contributed by atoms with E-state index in [-0.39, 0.29) is 12.0 Å². The molecule has 0 unspecified atom stereocenters. The topological polar surface area (TPSA) is 52.6 Å². The maximum atomic E-state index is 12.0. The second kappa shape index (κ2) is 5.53. The van der Waals surface area contributed by atoms with Crippen LogP contribution in [0.4, 0.5) is 13.2 Å². The first-order chi connectivity index (χ1) is 7.76. The van der Waals surface area contributed by atoms with Crippen LogP contribution in [0, 0.1) is 5.92 Å². The number of ether oxygens (including phenoxy) is 1. The Morgan fingerprint density at radius 1 is 1.18 bits per heavy atom. The van der Waals surface area contributed by atoms with Crippen LogP contribution in [0.15, 0.2) is 0 Å². The van der Waals surface area contributed by atoms with E-state index in [9.17, 15) is 21.6 Å². The van der Waals surface area contributed by atoms with E-state index in [1.54, 1.807) is 7.11 Å². The van der Waals surface area contributed by atoms with Gasteiger partial charge >= 0.3 is 15.6 Å². The summed E-state index contributed by atoms with van der Waals surface area (Å²) in [6.07, 6.45) is 2.79. The molecule has 0 atom stereocenters. The first kappa shape index (κ1) is 14.7. The molecule has 0 aliphatic heterocycles. The zero-order chi connectivity index (χ0) is 13.1. The summed E-state index contributed by atoms with van der Waals surface area (Å²) in [5.41, 5.74) is -5.34. The molecule has 1 fully saturated rings. The molecule has 0 bridgehead atoms. The summed E-state index contributed by atoms with van der Waals surface area (Å²) in [5, 5.41) is 0. The Bertz CT molecular complexity index is 331. The number of methoxy groups -OCH3 is 1. The summed E-state index contributed by atoms with van der Waals surface area (Å²) in [6.45, 7) is -0.404. The molecule has 0 aromatic carbocycles. The van der Waals surface area contributed by atoms with E-state index in [2.05, 4.69) is 4.18 Å². The minimum Gasteiger partial charge on any atom is -0.381 e. The van der Waals surface area contributed by atoms with Gasteiger partial charge in [-0.1, -0.05) is 0 Å². The molecule has 0 aromatic rings. The number of rotatable bonds is 4. The molecule has 8 heteroatoms. The monoisotopic (exact) mass is 276 g/mol. The Morgan fingerprint density at radius 3 is 2.12 bits per heavy atom. The van der Waals surface area contributed by atoms with Crippen molar-refractivity contribution in [2.75, 3.05) is 13.7 Å². The third-order valence-electron chi connectivity index (χ3n) is 2.87. The molecule has 0 heterocycles. The molecular formula is C9H15F3O4S. The summed E-state index contributed by atoms with van der Waals surface area (Å²) in [7, 11) is -3.87. The highest BCUT2D eigenvalue weighted by atomic mass is 32.2. The molecule has 17 heavy (non-hydrogen) atoms. The highest BCUT2D eigenvalue weighted by Gasteiger charge is 2.47. The zero-order valence-corrected chi connectivity index (χ0v) is 10.2. The number of halogens is 3. The Hall–Kier alpha value is -0.340. The summed E-state index contributed by atoms with van der Waals surface area (Å²) in [4.78, 5) is 0. The van der Waals surface area contributed by atoms with Crippen molar-refractivity contribution in [3.05, 3.63) is 0 Å². The SMILES string of the molecule is COC1CCC(COS(=O)(=O)C(F)(F)F)CC1. The van der Waals surface area contributed by atoms with Gasteiger partial charge in [0.25, 0.3) is 0 Å². The smallest absolute Gasteiger partial charge is 0.381 e. The predicted octanol–water partition coefficient (Wildman–Crippen LogP) is 2.06. The van der Waals surface area contributed by atoms with Crippen molar-refractivity contribution in [2.45, 2.75) is 37.3 Å². The Kier molecular flexibility index (Phi) is 4.79. The van der Waals surface area contributed by atoms with Crippen molar-refractivity contribution in [3.8, 4) is 0 Å². The van der Waals surface area contributed by atoms with Gasteiger partial charge in [-0.25, -0.2) is 0 Å². The molecule has 0 spiro atoms. The molecule has 1 aliphatic rings. The van der Waals surface area contributed by atoms with Crippen LogP contribution in [-0.4, -0.2) is 33.7 Å². The standard InChI is InChI=1S/C9H15F3O4S/c1-15-8-4-2-7(3-5-8)6-16-17(13,14)9(10,11)12/h7-8H,2-6H2,1H3. The van der Waals surface area contributed by atoms with Crippen LogP contribution in [0.3, 0.4) is 0 Å². The van der Waals surface area contributed by atoms with E-state index in [0.717, 1.165) is 12.8 Å². The fraction of sp³-hybridized carbons (Fsp3) is 1.00. The van der Waals surface area contributed by atoms with Crippen LogP contribution in [0.1, 0.15) is 25.7 Å². The number of alkyl halides is 3. The third-order valence-corrected chi connectivity index (χ3v) is 3.88. The molecule has 1 saturated carbocycles. The molecule has 0 N–H and O–H groups in total.